The largest absolute Gasteiger partial charge is 0.313 e. The highest BCUT2D eigenvalue weighted by molar-refractivity contribution is 7.89. The van der Waals surface area contributed by atoms with Crippen LogP contribution >= 0.6 is 0 Å². The zero-order valence-corrected chi connectivity index (χ0v) is 12.5. The average Bonchev–Trinajstić information content (AvgIpc) is 2.93. The van der Waals surface area contributed by atoms with Gasteiger partial charge in [-0.1, -0.05) is 6.92 Å². The first kappa shape index (κ1) is 14.5. The van der Waals surface area contributed by atoms with E-state index < -0.39 is 10.0 Å². The molecule has 0 amide bonds. The Hall–Kier alpha value is -0.920. The van der Waals surface area contributed by atoms with E-state index in [2.05, 4.69) is 15.5 Å². The summed E-state index contributed by atoms with van der Waals surface area (Å²) in [6.45, 7) is 7.71. The summed E-state index contributed by atoms with van der Waals surface area (Å²) >= 11 is 0. The van der Waals surface area contributed by atoms with Crippen molar-refractivity contribution in [3.8, 4) is 0 Å². The van der Waals surface area contributed by atoms with Crippen molar-refractivity contribution in [2.24, 2.45) is 0 Å². The van der Waals surface area contributed by atoms with Gasteiger partial charge in [-0.3, -0.25) is 5.10 Å². The molecule has 6 nitrogen and oxygen atoms in total. The van der Waals surface area contributed by atoms with E-state index in [4.69, 9.17) is 0 Å². The van der Waals surface area contributed by atoms with Crippen LogP contribution in [0.3, 0.4) is 0 Å². The summed E-state index contributed by atoms with van der Waals surface area (Å²) in [7, 11) is -3.48. The predicted molar refractivity (Wildman–Crippen MR) is 73.3 cm³/mol. The normalized spacial score (nSPS) is 21.1. The third kappa shape index (κ3) is 2.68. The Balaban J connectivity index is 2.35. The molecule has 0 bridgehead atoms. The molecule has 0 aromatic carbocycles. The lowest BCUT2D eigenvalue weighted by Crippen LogP contribution is -2.34. The SMILES string of the molecule is CCNCc1c(S(=O)(=O)N2CCCC2C)n[nH]c1C. The molecule has 1 saturated heterocycles. The van der Waals surface area contributed by atoms with E-state index in [9.17, 15) is 8.42 Å². The number of aromatic nitrogens is 2. The minimum absolute atomic E-state index is 0.0639. The van der Waals surface area contributed by atoms with Crippen molar-refractivity contribution < 1.29 is 8.42 Å². The number of nitrogens with zero attached hydrogens (tertiary/aromatic N) is 2. The third-order valence-corrected chi connectivity index (χ3v) is 5.62. The molecule has 1 unspecified atom stereocenters. The maximum atomic E-state index is 12.7. The number of rotatable bonds is 5. The molecule has 1 aromatic rings. The number of hydrogen-bond acceptors (Lipinski definition) is 4. The molecule has 1 atom stereocenters. The van der Waals surface area contributed by atoms with E-state index in [-0.39, 0.29) is 11.1 Å². The Morgan fingerprint density at radius 2 is 2.26 bits per heavy atom. The highest BCUT2D eigenvalue weighted by atomic mass is 32.2. The van der Waals surface area contributed by atoms with Gasteiger partial charge in [0.1, 0.15) is 0 Å². The Labute approximate surface area is 114 Å². The lowest BCUT2D eigenvalue weighted by molar-refractivity contribution is 0.405. The van der Waals surface area contributed by atoms with E-state index in [0.717, 1.165) is 30.6 Å². The molecule has 0 saturated carbocycles. The lowest BCUT2D eigenvalue weighted by atomic mass is 10.2. The highest BCUT2D eigenvalue weighted by Crippen LogP contribution is 2.27. The van der Waals surface area contributed by atoms with Crippen LogP contribution in [0.5, 0.6) is 0 Å². The van der Waals surface area contributed by atoms with Crippen molar-refractivity contribution in [3.63, 3.8) is 0 Å². The molecule has 2 N–H and O–H groups in total. The average molecular weight is 286 g/mol. The van der Waals surface area contributed by atoms with E-state index in [1.54, 1.807) is 4.31 Å². The van der Waals surface area contributed by atoms with Crippen molar-refractivity contribution in [1.29, 1.82) is 0 Å². The first-order valence-electron chi connectivity index (χ1n) is 6.75. The summed E-state index contributed by atoms with van der Waals surface area (Å²) in [6, 6.07) is 0.0639. The monoisotopic (exact) mass is 286 g/mol. The maximum Gasteiger partial charge on any atom is 0.262 e. The molecule has 1 aliphatic heterocycles. The zero-order valence-electron chi connectivity index (χ0n) is 11.7. The Bertz CT molecular complexity index is 538. The summed E-state index contributed by atoms with van der Waals surface area (Å²) in [5, 5.41) is 10.2. The van der Waals surface area contributed by atoms with E-state index in [0.29, 0.717) is 13.1 Å². The number of nitrogens with one attached hydrogen (secondary N) is 2. The molecule has 1 fully saturated rings. The maximum absolute atomic E-state index is 12.7. The molecule has 2 rings (SSSR count). The van der Waals surface area contributed by atoms with Gasteiger partial charge in [0.2, 0.25) is 0 Å². The van der Waals surface area contributed by atoms with Gasteiger partial charge in [-0.25, -0.2) is 8.42 Å². The minimum atomic E-state index is -3.48. The Kier molecular flexibility index (Phi) is 4.27. The second-order valence-corrected chi connectivity index (χ2v) is 6.83. The van der Waals surface area contributed by atoms with Crippen LogP contribution in [-0.4, -0.2) is 42.1 Å². The second kappa shape index (κ2) is 5.60. The van der Waals surface area contributed by atoms with Crippen LogP contribution in [0.15, 0.2) is 5.03 Å². The van der Waals surface area contributed by atoms with Gasteiger partial charge in [0.25, 0.3) is 10.0 Å². The molecular formula is C12H22N4O2S. The van der Waals surface area contributed by atoms with Crippen molar-refractivity contribution in [3.05, 3.63) is 11.3 Å². The molecule has 19 heavy (non-hydrogen) atoms. The van der Waals surface area contributed by atoms with Crippen LogP contribution in [0.25, 0.3) is 0 Å². The van der Waals surface area contributed by atoms with Crippen LogP contribution in [0.1, 0.15) is 37.9 Å². The van der Waals surface area contributed by atoms with Crippen LogP contribution < -0.4 is 5.32 Å². The highest BCUT2D eigenvalue weighted by Gasteiger charge is 2.36. The molecule has 1 aliphatic rings. The van der Waals surface area contributed by atoms with E-state index in [1.165, 1.54) is 0 Å². The Morgan fingerprint density at radius 3 is 2.84 bits per heavy atom. The first-order valence-corrected chi connectivity index (χ1v) is 8.19. The van der Waals surface area contributed by atoms with Crippen molar-refractivity contribution in [2.45, 2.75) is 51.2 Å². The lowest BCUT2D eigenvalue weighted by Gasteiger charge is -2.20. The van der Waals surface area contributed by atoms with Crippen molar-refractivity contribution in [1.82, 2.24) is 19.8 Å². The van der Waals surface area contributed by atoms with Crippen LogP contribution in [0.2, 0.25) is 0 Å². The minimum Gasteiger partial charge on any atom is -0.313 e. The molecular weight excluding hydrogens is 264 g/mol. The van der Waals surface area contributed by atoms with Crippen molar-refractivity contribution in [2.75, 3.05) is 13.1 Å². The first-order chi connectivity index (χ1) is 8.98. The van der Waals surface area contributed by atoms with Gasteiger partial charge in [-0.2, -0.15) is 9.40 Å². The zero-order chi connectivity index (χ0) is 14.0. The molecule has 7 heteroatoms. The van der Waals surface area contributed by atoms with Gasteiger partial charge < -0.3 is 5.32 Å². The number of H-pyrrole nitrogens is 1. The summed E-state index contributed by atoms with van der Waals surface area (Å²) in [5.74, 6) is 0. The summed E-state index contributed by atoms with van der Waals surface area (Å²) in [4.78, 5) is 0. The molecule has 1 aromatic heterocycles. The molecule has 0 aliphatic carbocycles. The molecule has 0 spiro atoms. The molecule has 0 radical (unpaired) electrons. The van der Waals surface area contributed by atoms with Gasteiger partial charge in [-0.05, 0) is 33.2 Å². The summed E-state index contributed by atoms with van der Waals surface area (Å²) in [5.41, 5.74) is 1.56. The van der Waals surface area contributed by atoms with E-state index >= 15 is 0 Å². The topological polar surface area (TPSA) is 78.1 Å². The molecule has 108 valence electrons. The van der Waals surface area contributed by atoms with Gasteiger partial charge >= 0.3 is 0 Å². The fourth-order valence-corrected chi connectivity index (χ4v) is 4.35. The quantitative estimate of drug-likeness (QED) is 0.846. The van der Waals surface area contributed by atoms with Gasteiger partial charge in [0.15, 0.2) is 5.03 Å². The smallest absolute Gasteiger partial charge is 0.262 e. The van der Waals surface area contributed by atoms with Crippen LogP contribution in [0.4, 0.5) is 0 Å². The second-order valence-electron chi connectivity index (χ2n) is 5.02. The van der Waals surface area contributed by atoms with Crippen LogP contribution in [0, 0.1) is 6.92 Å². The van der Waals surface area contributed by atoms with Crippen molar-refractivity contribution >= 4 is 10.0 Å². The number of aromatic amines is 1. The van der Waals surface area contributed by atoms with Gasteiger partial charge in [0, 0.05) is 30.4 Å². The summed E-state index contributed by atoms with van der Waals surface area (Å²) in [6.07, 6.45) is 1.84. The standard InChI is InChI=1S/C12H22N4O2S/c1-4-13-8-11-10(3)14-15-12(11)19(17,18)16-7-5-6-9(16)2/h9,13H,4-8H2,1-3H3,(H,14,15). The predicted octanol–water partition coefficient (Wildman–Crippen LogP) is 1.00. The molecule has 2 heterocycles. The Morgan fingerprint density at radius 1 is 1.53 bits per heavy atom. The van der Waals surface area contributed by atoms with Crippen LogP contribution in [-0.2, 0) is 16.6 Å². The fraction of sp³-hybridized carbons (Fsp3) is 0.750. The van der Waals surface area contributed by atoms with E-state index in [1.807, 2.05) is 20.8 Å². The summed E-state index contributed by atoms with van der Waals surface area (Å²) < 4.78 is 26.9. The number of hydrogen-bond donors (Lipinski definition) is 2. The number of sulfonamides is 1. The van der Waals surface area contributed by atoms with Gasteiger partial charge in [0.05, 0.1) is 0 Å². The fourth-order valence-electron chi connectivity index (χ4n) is 2.48. The number of aryl methyl sites for hydroxylation is 1. The third-order valence-electron chi connectivity index (χ3n) is 3.63. The van der Waals surface area contributed by atoms with Gasteiger partial charge in [-0.15, -0.1) is 0 Å².